The average molecular weight is 313 g/mol. The van der Waals surface area contributed by atoms with E-state index in [1.54, 1.807) is 0 Å². The van der Waals surface area contributed by atoms with E-state index in [9.17, 15) is 4.79 Å². The summed E-state index contributed by atoms with van der Waals surface area (Å²) >= 11 is 0. The van der Waals surface area contributed by atoms with Gasteiger partial charge in [0.1, 0.15) is 6.04 Å². The van der Waals surface area contributed by atoms with Crippen molar-refractivity contribution in [3.8, 4) is 11.4 Å². The maximum Gasteiger partial charge on any atom is 0.249 e. The number of benzene rings is 1. The molecule has 0 radical (unpaired) electrons. The molecule has 1 unspecified atom stereocenters. The van der Waals surface area contributed by atoms with Crippen molar-refractivity contribution in [2.75, 3.05) is 6.54 Å². The molecule has 1 fully saturated rings. The molecule has 23 heavy (non-hydrogen) atoms. The topological polar surface area (TPSA) is 59.2 Å². The second kappa shape index (κ2) is 7.40. The molecule has 1 aliphatic rings. The standard InChI is InChI=1S/C18H23N3O2/c1-2-3-12-16(22)21-13-8-7-11-15(21)18-19-17(20-23-18)14-9-5-4-6-10-14/h4-6,9-10,15H,2-3,7-8,11-13H2,1H3. The van der Waals surface area contributed by atoms with Gasteiger partial charge in [-0.15, -0.1) is 0 Å². The molecule has 2 aromatic rings. The Bertz CT molecular complexity index is 639. The van der Waals surface area contributed by atoms with E-state index in [1.165, 1.54) is 0 Å². The van der Waals surface area contributed by atoms with Crippen molar-refractivity contribution in [2.45, 2.75) is 51.5 Å². The highest BCUT2D eigenvalue weighted by molar-refractivity contribution is 5.76. The normalized spacial score (nSPS) is 18.1. The smallest absolute Gasteiger partial charge is 0.249 e. The molecule has 1 aromatic carbocycles. The number of likely N-dealkylation sites (tertiary alicyclic amines) is 1. The van der Waals surface area contributed by atoms with Gasteiger partial charge in [-0.1, -0.05) is 48.8 Å². The number of aromatic nitrogens is 2. The Morgan fingerprint density at radius 3 is 2.91 bits per heavy atom. The number of unbranched alkanes of at least 4 members (excludes halogenated alkanes) is 1. The third-order valence-electron chi connectivity index (χ3n) is 4.33. The van der Waals surface area contributed by atoms with Gasteiger partial charge >= 0.3 is 0 Å². The lowest BCUT2D eigenvalue weighted by Crippen LogP contribution is -2.38. The molecule has 0 N–H and O–H groups in total. The molecular formula is C18H23N3O2. The van der Waals surface area contributed by atoms with E-state index >= 15 is 0 Å². The van der Waals surface area contributed by atoms with Crippen molar-refractivity contribution in [3.05, 3.63) is 36.2 Å². The maximum atomic E-state index is 12.5. The Hall–Kier alpha value is -2.17. The molecule has 0 saturated carbocycles. The molecule has 1 atom stereocenters. The van der Waals surface area contributed by atoms with E-state index in [-0.39, 0.29) is 11.9 Å². The zero-order chi connectivity index (χ0) is 16.1. The van der Waals surface area contributed by atoms with Crippen LogP contribution in [-0.2, 0) is 4.79 Å². The lowest BCUT2D eigenvalue weighted by molar-refractivity contribution is -0.135. The fraction of sp³-hybridized carbons (Fsp3) is 0.500. The molecular weight excluding hydrogens is 290 g/mol. The molecule has 1 aliphatic heterocycles. The molecule has 5 nitrogen and oxygen atoms in total. The van der Waals surface area contributed by atoms with Crippen LogP contribution in [0.2, 0.25) is 0 Å². The number of nitrogens with zero attached hydrogens (tertiary/aromatic N) is 3. The Kier molecular flexibility index (Phi) is 5.05. The third-order valence-corrected chi connectivity index (χ3v) is 4.33. The van der Waals surface area contributed by atoms with Crippen molar-refractivity contribution in [1.29, 1.82) is 0 Å². The van der Waals surface area contributed by atoms with Crippen molar-refractivity contribution in [2.24, 2.45) is 0 Å². The van der Waals surface area contributed by atoms with Crippen LogP contribution in [0.4, 0.5) is 0 Å². The number of hydrogen-bond acceptors (Lipinski definition) is 4. The largest absolute Gasteiger partial charge is 0.337 e. The number of amides is 1. The number of carbonyl (C=O) groups excluding carboxylic acids is 1. The van der Waals surface area contributed by atoms with Crippen molar-refractivity contribution in [3.63, 3.8) is 0 Å². The quantitative estimate of drug-likeness (QED) is 0.837. The molecule has 2 heterocycles. The van der Waals surface area contributed by atoms with Crippen LogP contribution in [0.5, 0.6) is 0 Å². The summed E-state index contributed by atoms with van der Waals surface area (Å²) in [7, 11) is 0. The summed E-state index contributed by atoms with van der Waals surface area (Å²) in [6, 6.07) is 9.70. The minimum absolute atomic E-state index is 0.0712. The van der Waals surface area contributed by atoms with Gasteiger partial charge in [0.2, 0.25) is 17.6 Å². The lowest BCUT2D eigenvalue weighted by atomic mass is 10.0. The summed E-state index contributed by atoms with van der Waals surface area (Å²) in [6.45, 7) is 2.89. The highest BCUT2D eigenvalue weighted by Gasteiger charge is 2.31. The summed E-state index contributed by atoms with van der Waals surface area (Å²) in [5.74, 6) is 1.36. The summed E-state index contributed by atoms with van der Waals surface area (Å²) in [4.78, 5) is 18.9. The minimum atomic E-state index is -0.0712. The minimum Gasteiger partial charge on any atom is -0.337 e. The Morgan fingerprint density at radius 1 is 1.30 bits per heavy atom. The van der Waals surface area contributed by atoms with Crippen molar-refractivity contribution in [1.82, 2.24) is 15.0 Å². The molecule has 1 saturated heterocycles. The summed E-state index contributed by atoms with van der Waals surface area (Å²) in [5.41, 5.74) is 0.933. The van der Waals surface area contributed by atoms with E-state index in [1.807, 2.05) is 35.2 Å². The van der Waals surface area contributed by atoms with E-state index in [2.05, 4.69) is 17.1 Å². The zero-order valence-electron chi connectivity index (χ0n) is 13.6. The Morgan fingerprint density at radius 2 is 2.13 bits per heavy atom. The van der Waals surface area contributed by atoms with E-state index in [0.29, 0.717) is 18.1 Å². The first-order chi connectivity index (χ1) is 11.3. The molecule has 0 bridgehead atoms. The van der Waals surface area contributed by atoms with Gasteiger partial charge < -0.3 is 9.42 Å². The predicted molar refractivity (Wildman–Crippen MR) is 87.6 cm³/mol. The highest BCUT2D eigenvalue weighted by Crippen LogP contribution is 2.31. The van der Waals surface area contributed by atoms with Crippen LogP contribution in [0.1, 0.15) is 57.4 Å². The second-order valence-electron chi connectivity index (χ2n) is 6.02. The molecule has 1 amide bonds. The van der Waals surface area contributed by atoms with Crippen LogP contribution >= 0.6 is 0 Å². The fourth-order valence-corrected chi connectivity index (χ4v) is 3.03. The molecule has 3 rings (SSSR count). The van der Waals surface area contributed by atoms with Gasteiger partial charge in [0.05, 0.1) is 0 Å². The average Bonchev–Trinajstić information content (AvgIpc) is 3.10. The maximum absolute atomic E-state index is 12.5. The van der Waals surface area contributed by atoms with Gasteiger partial charge in [0.15, 0.2) is 0 Å². The van der Waals surface area contributed by atoms with Crippen LogP contribution < -0.4 is 0 Å². The van der Waals surface area contributed by atoms with E-state index < -0.39 is 0 Å². The van der Waals surface area contributed by atoms with Gasteiger partial charge in [-0.05, 0) is 25.7 Å². The number of piperidine rings is 1. The molecule has 0 aliphatic carbocycles. The zero-order valence-corrected chi connectivity index (χ0v) is 13.6. The summed E-state index contributed by atoms with van der Waals surface area (Å²) in [6.07, 6.45) is 5.60. The second-order valence-corrected chi connectivity index (χ2v) is 6.02. The summed E-state index contributed by atoms with van der Waals surface area (Å²) < 4.78 is 5.49. The van der Waals surface area contributed by atoms with Gasteiger partial charge in [-0.25, -0.2) is 0 Å². The van der Waals surface area contributed by atoms with Gasteiger partial charge in [0, 0.05) is 18.5 Å². The first-order valence-electron chi connectivity index (χ1n) is 8.48. The van der Waals surface area contributed by atoms with Gasteiger partial charge in [-0.3, -0.25) is 4.79 Å². The van der Waals surface area contributed by atoms with E-state index in [0.717, 1.165) is 44.2 Å². The first-order valence-corrected chi connectivity index (χ1v) is 8.48. The number of hydrogen-bond donors (Lipinski definition) is 0. The Balaban J connectivity index is 1.78. The first kappa shape index (κ1) is 15.7. The van der Waals surface area contributed by atoms with E-state index in [4.69, 9.17) is 4.52 Å². The fourth-order valence-electron chi connectivity index (χ4n) is 3.03. The molecule has 0 spiro atoms. The monoisotopic (exact) mass is 313 g/mol. The summed E-state index contributed by atoms with van der Waals surface area (Å²) in [5, 5.41) is 4.09. The number of rotatable bonds is 5. The lowest BCUT2D eigenvalue weighted by Gasteiger charge is -2.33. The van der Waals surface area contributed by atoms with Gasteiger partial charge in [0.25, 0.3) is 0 Å². The third kappa shape index (κ3) is 3.60. The van der Waals surface area contributed by atoms with Crippen molar-refractivity contribution >= 4 is 5.91 Å². The Labute approximate surface area is 136 Å². The van der Waals surface area contributed by atoms with Crippen LogP contribution in [0.15, 0.2) is 34.9 Å². The van der Waals surface area contributed by atoms with Crippen LogP contribution in [0, 0.1) is 0 Å². The van der Waals surface area contributed by atoms with Crippen LogP contribution in [0.3, 0.4) is 0 Å². The molecule has 122 valence electrons. The van der Waals surface area contributed by atoms with Gasteiger partial charge in [-0.2, -0.15) is 4.98 Å². The predicted octanol–water partition coefficient (Wildman–Crippen LogP) is 3.98. The van der Waals surface area contributed by atoms with Crippen molar-refractivity contribution < 1.29 is 9.32 Å². The van der Waals surface area contributed by atoms with Crippen LogP contribution in [0.25, 0.3) is 11.4 Å². The molecule has 5 heteroatoms. The molecule has 1 aromatic heterocycles. The SMILES string of the molecule is CCCCC(=O)N1CCCCC1c1nc(-c2ccccc2)no1. The van der Waals surface area contributed by atoms with Crippen LogP contribution in [-0.4, -0.2) is 27.5 Å². The highest BCUT2D eigenvalue weighted by atomic mass is 16.5. The number of carbonyl (C=O) groups is 1.